The minimum absolute atomic E-state index is 0.281. The van der Waals surface area contributed by atoms with Crippen LogP contribution in [0.15, 0.2) is 47.4 Å². The number of amidine groups is 1. The van der Waals surface area contributed by atoms with Gasteiger partial charge in [-0.1, -0.05) is 24.6 Å². The number of benzene rings is 2. The van der Waals surface area contributed by atoms with Gasteiger partial charge in [0.25, 0.3) is 5.84 Å². The van der Waals surface area contributed by atoms with E-state index in [0.717, 1.165) is 30.4 Å². The van der Waals surface area contributed by atoms with E-state index in [1.807, 2.05) is 28.8 Å². The summed E-state index contributed by atoms with van der Waals surface area (Å²) in [5, 5.41) is 0. The smallest absolute Gasteiger partial charge is 0.280 e. The summed E-state index contributed by atoms with van der Waals surface area (Å²) in [6, 6.07) is 12.9. The molecule has 2 aliphatic heterocycles. The van der Waals surface area contributed by atoms with Crippen molar-refractivity contribution in [2.75, 3.05) is 20.2 Å². The Morgan fingerprint density at radius 1 is 1.07 bits per heavy atom. The molecule has 2 heterocycles. The third kappa shape index (κ3) is 3.11. The summed E-state index contributed by atoms with van der Waals surface area (Å²) in [5.74, 6) is 1.21. The molecule has 142 valence electrons. The molecule has 0 unspecified atom stereocenters. The summed E-state index contributed by atoms with van der Waals surface area (Å²) < 4.78 is 35.2. The van der Waals surface area contributed by atoms with Gasteiger partial charge in [-0.3, -0.25) is 5.73 Å². The fourth-order valence-corrected chi connectivity index (χ4v) is 5.36. The predicted octanol–water partition coefficient (Wildman–Crippen LogP) is 2.43. The number of ether oxygens (including phenoxy) is 1. The number of fused-ring (bicyclic) bond motifs is 1. The maximum absolute atomic E-state index is 13.1. The lowest BCUT2D eigenvalue weighted by Gasteiger charge is -2.26. The van der Waals surface area contributed by atoms with Gasteiger partial charge in [-0.05, 0) is 31.0 Å². The number of hydrogen-bond acceptors (Lipinski definition) is 4. The van der Waals surface area contributed by atoms with Crippen molar-refractivity contribution in [2.24, 2.45) is 5.73 Å². The molecule has 0 atom stereocenters. The zero-order valence-corrected chi connectivity index (χ0v) is 16.2. The van der Waals surface area contributed by atoms with E-state index in [1.165, 1.54) is 0 Å². The van der Waals surface area contributed by atoms with Crippen molar-refractivity contribution in [1.82, 2.24) is 4.31 Å². The predicted molar refractivity (Wildman–Crippen MR) is 104 cm³/mol. The van der Waals surface area contributed by atoms with E-state index in [0.29, 0.717) is 36.9 Å². The van der Waals surface area contributed by atoms with E-state index in [-0.39, 0.29) is 4.90 Å². The second-order valence-electron chi connectivity index (χ2n) is 6.93. The zero-order valence-electron chi connectivity index (χ0n) is 15.4. The van der Waals surface area contributed by atoms with Crippen LogP contribution in [0.5, 0.6) is 5.75 Å². The molecule has 0 radical (unpaired) electrons. The van der Waals surface area contributed by atoms with Gasteiger partial charge >= 0.3 is 0 Å². The van der Waals surface area contributed by atoms with E-state index in [4.69, 9.17) is 10.5 Å². The summed E-state index contributed by atoms with van der Waals surface area (Å²) in [6.45, 7) is 1.74. The molecule has 2 N–H and O–H groups in total. The van der Waals surface area contributed by atoms with Gasteiger partial charge in [0.05, 0.1) is 17.6 Å². The normalized spacial score (nSPS) is 17.8. The number of nitrogens with zero attached hydrogens (tertiary/aromatic N) is 2. The Hall–Kier alpha value is -2.38. The standard InChI is InChI=1S/C20H23N3O3S/c1-26-19-10-9-16(27(24,25)22-11-5-2-6-12-22)13-18(19)23-14-15-7-3-4-8-17(15)20(23)21/h3-4,7-10,13,21H,2,5-6,11-12,14H2,1H3/p+1. The lowest BCUT2D eigenvalue weighted by molar-refractivity contribution is -0.454. The second kappa shape index (κ2) is 6.98. The number of rotatable bonds is 4. The SMILES string of the molecule is COc1ccc(S(=O)(=O)N2CCCCC2)cc1[N+]1=C(N)c2ccccc2C1. The monoisotopic (exact) mass is 386 g/mol. The lowest BCUT2D eigenvalue weighted by atomic mass is 10.1. The van der Waals surface area contributed by atoms with Crippen LogP contribution in [0.3, 0.4) is 0 Å². The van der Waals surface area contributed by atoms with Crippen LogP contribution >= 0.6 is 0 Å². The van der Waals surface area contributed by atoms with Crippen LogP contribution in [0.4, 0.5) is 5.69 Å². The van der Waals surface area contributed by atoms with Gasteiger partial charge in [-0.2, -0.15) is 4.31 Å². The van der Waals surface area contributed by atoms with Gasteiger partial charge in [-0.25, -0.2) is 13.0 Å². The van der Waals surface area contributed by atoms with E-state index in [1.54, 1.807) is 29.6 Å². The minimum atomic E-state index is -3.52. The van der Waals surface area contributed by atoms with Crippen LogP contribution in [0.25, 0.3) is 0 Å². The zero-order chi connectivity index (χ0) is 19.0. The third-order valence-electron chi connectivity index (χ3n) is 5.31. The van der Waals surface area contributed by atoms with Crippen molar-refractivity contribution < 1.29 is 17.7 Å². The summed E-state index contributed by atoms with van der Waals surface area (Å²) >= 11 is 0. The molecule has 0 bridgehead atoms. The van der Waals surface area contributed by atoms with Gasteiger partial charge in [-0.15, -0.1) is 0 Å². The highest BCUT2D eigenvalue weighted by molar-refractivity contribution is 7.89. The van der Waals surface area contributed by atoms with Gasteiger partial charge in [0, 0.05) is 24.7 Å². The molecule has 2 aromatic rings. The Kier molecular flexibility index (Phi) is 4.65. The maximum Gasteiger partial charge on any atom is 0.280 e. The fraction of sp³-hybridized carbons (Fsp3) is 0.350. The van der Waals surface area contributed by atoms with Gasteiger partial charge in [0.1, 0.15) is 6.54 Å². The van der Waals surface area contributed by atoms with Crippen molar-refractivity contribution in [3.63, 3.8) is 0 Å². The summed E-state index contributed by atoms with van der Waals surface area (Å²) in [5.41, 5.74) is 9.13. The average Bonchev–Trinajstić information content (AvgIpc) is 3.05. The Bertz CT molecular complexity index is 1010. The van der Waals surface area contributed by atoms with Crippen LogP contribution in [0.2, 0.25) is 0 Å². The first kappa shape index (κ1) is 18.0. The summed E-state index contributed by atoms with van der Waals surface area (Å²) in [6.07, 6.45) is 2.90. The molecule has 1 fully saturated rings. The molecule has 27 heavy (non-hydrogen) atoms. The fourth-order valence-electron chi connectivity index (χ4n) is 3.82. The number of sulfonamides is 1. The summed E-state index contributed by atoms with van der Waals surface area (Å²) in [7, 11) is -1.94. The molecule has 0 aliphatic carbocycles. The van der Waals surface area contributed by atoms with Gasteiger partial charge in [0.15, 0.2) is 11.4 Å². The van der Waals surface area contributed by atoms with Crippen LogP contribution < -0.4 is 10.5 Å². The van der Waals surface area contributed by atoms with E-state index < -0.39 is 10.0 Å². The molecule has 0 amide bonds. The second-order valence-corrected chi connectivity index (χ2v) is 8.86. The molecule has 0 saturated carbocycles. The molecule has 1 saturated heterocycles. The molecule has 2 aliphatic rings. The van der Waals surface area contributed by atoms with Crippen molar-refractivity contribution in [2.45, 2.75) is 30.7 Å². The first-order chi connectivity index (χ1) is 13.0. The molecular weight excluding hydrogens is 362 g/mol. The molecule has 2 aromatic carbocycles. The third-order valence-corrected chi connectivity index (χ3v) is 7.20. The van der Waals surface area contributed by atoms with Crippen molar-refractivity contribution in [3.8, 4) is 5.75 Å². The maximum atomic E-state index is 13.1. The van der Waals surface area contributed by atoms with E-state index in [2.05, 4.69) is 0 Å². The molecular formula is C20H24N3O3S+. The molecule has 6 nitrogen and oxygen atoms in total. The van der Waals surface area contributed by atoms with Crippen LogP contribution in [-0.4, -0.2) is 43.3 Å². The van der Waals surface area contributed by atoms with Crippen molar-refractivity contribution in [1.29, 1.82) is 0 Å². The van der Waals surface area contributed by atoms with Crippen LogP contribution in [-0.2, 0) is 16.6 Å². The Morgan fingerprint density at radius 2 is 1.81 bits per heavy atom. The minimum Gasteiger partial charge on any atom is -0.492 e. The van der Waals surface area contributed by atoms with Gasteiger partial charge in [0.2, 0.25) is 10.0 Å². The Balaban J connectivity index is 1.78. The van der Waals surface area contributed by atoms with E-state index >= 15 is 0 Å². The molecule has 4 rings (SSSR count). The first-order valence-electron chi connectivity index (χ1n) is 9.19. The lowest BCUT2D eigenvalue weighted by Crippen LogP contribution is -2.35. The first-order valence-corrected chi connectivity index (χ1v) is 10.6. The Morgan fingerprint density at radius 3 is 2.52 bits per heavy atom. The van der Waals surface area contributed by atoms with Crippen LogP contribution in [0, 0.1) is 0 Å². The highest BCUT2D eigenvalue weighted by Gasteiger charge is 2.31. The topological polar surface area (TPSA) is 75.6 Å². The highest BCUT2D eigenvalue weighted by Crippen LogP contribution is 2.35. The number of piperidine rings is 1. The molecule has 7 heteroatoms. The number of hydrogen-bond donors (Lipinski definition) is 1. The molecule has 0 spiro atoms. The van der Waals surface area contributed by atoms with Gasteiger partial charge < -0.3 is 4.74 Å². The largest absolute Gasteiger partial charge is 0.492 e. The Labute approximate surface area is 159 Å². The van der Waals surface area contributed by atoms with Crippen LogP contribution in [0.1, 0.15) is 30.4 Å². The average molecular weight is 386 g/mol. The van der Waals surface area contributed by atoms with Crippen molar-refractivity contribution >= 4 is 21.5 Å². The number of methoxy groups -OCH3 is 1. The van der Waals surface area contributed by atoms with E-state index in [9.17, 15) is 8.42 Å². The molecule has 0 aromatic heterocycles. The quantitative estimate of drug-likeness (QED) is 0.819. The van der Waals surface area contributed by atoms with Crippen molar-refractivity contribution in [3.05, 3.63) is 53.6 Å². The summed E-state index contributed by atoms with van der Waals surface area (Å²) in [4.78, 5) is 0.281. The number of nitrogens with two attached hydrogens (primary N) is 1. The highest BCUT2D eigenvalue weighted by atomic mass is 32.2.